The van der Waals surface area contributed by atoms with Crippen molar-refractivity contribution in [2.75, 3.05) is 6.54 Å². The molecular weight excluding hydrogens is 204 g/mol. The Morgan fingerprint density at radius 3 is 2.75 bits per heavy atom. The standard InChI is InChI=1S/C12H14N2O2/c1-10(12(15)16)14-13-9-5-8-11-6-3-2-4-7-11/h2-8,13H,9H2,1H3,(H,15,16)/b8-5+,14-10?. The predicted molar refractivity (Wildman–Crippen MR) is 64.2 cm³/mol. The van der Waals surface area contributed by atoms with Crippen LogP contribution in [0.4, 0.5) is 0 Å². The molecule has 0 saturated heterocycles. The van der Waals surface area contributed by atoms with Crippen molar-refractivity contribution in [2.45, 2.75) is 6.92 Å². The number of nitrogens with one attached hydrogen (secondary N) is 1. The number of carbonyl (C=O) groups is 1. The molecule has 1 aromatic rings. The number of benzene rings is 1. The van der Waals surface area contributed by atoms with Crippen LogP contribution < -0.4 is 5.43 Å². The van der Waals surface area contributed by atoms with Crippen molar-refractivity contribution in [2.24, 2.45) is 5.10 Å². The summed E-state index contributed by atoms with van der Waals surface area (Å²) in [5, 5.41) is 12.2. The van der Waals surface area contributed by atoms with E-state index in [1.807, 2.05) is 42.5 Å². The van der Waals surface area contributed by atoms with E-state index in [1.54, 1.807) is 0 Å². The molecule has 0 heterocycles. The summed E-state index contributed by atoms with van der Waals surface area (Å²) in [4.78, 5) is 10.4. The number of aliphatic carboxylic acids is 1. The molecule has 0 bridgehead atoms. The molecule has 0 radical (unpaired) electrons. The van der Waals surface area contributed by atoms with Crippen LogP contribution in [0.3, 0.4) is 0 Å². The molecule has 0 spiro atoms. The Bertz CT molecular complexity index is 397. The van der Waals surface area contributed by atoms with Gasteiger partial charge in [-0.3, -0.25) is 0 Å². The highest BCUT2D eigenvalue weighted by Gasteiger charge is 1.98. The molecule has 0 aromatic heterocycles. The molecule has 0 saturated carbocycles. The summed E-state index contributed by atoms with van der Waals surface area (Å²) in [6.45, 7) is 1.94. The van der Waals surface area contributed by atoms with E-state index in [2.05, 4.69) is 10.5 Å². The van der Waals surface area contributed by atoms with Gasteiger partial charge in [-0.15, -0.1) is 0 Å². The van der Waals surface area contributed by atoms with Gasteiger partial charge in [-0.1, -0.05) is 42.5 Å². The van der Waals surface area contributed by atoms with Crippen molar-refractivity contribution in [3.8, 4) is 0 Å². The molecule has 0 unspecified atom stereocenters. The van der Waals surface area contributed by atoms with E-state index >= 15 is 0 Å². The van der Waals surface area contributed by atoms with Crippen molar-refractivity contribution in [1.29, 1.82) is 0 Å². The Kier molecular flexibility index (Phi) is 4.79. The van der Waals surface area contributed by atoms with Gasteiger partial charge in [-0.25, -0.2) is 4.79 Å². The summed E-state index contributed by atoms with van der Waals surface area (Å²) in [7, 11) is 0. The van der Waals surface area contributed by atoms with Crippen LogP contribution in [0.15, 0.2) is 41.5 Å². The number of carboxylic acid groups (broad SMARTS) is 1. The molecule has 4 nitrogen and oxygen atoms in total. The number of rotatable bonds is 5. The molecule has 0 aliphatic rings. The molecule has 0 aliphatic heterocycles. The fourth-order valence-corrected chi connectivity index (χ4v) is 1.02. The van der Waals surface area contributed by atoms with Crippen LogP contribution in [-0.4, -0.2) is 23.3 Å². The second-order valence-electron chi connectivity index (χ2n) is 3.18. The Hall–Kier alpha value is -2.10. The van der Waals surface area contributed by atoms with E-state index in [4.69, 9.17) is 5.11 Å². The first kappa shape index (κ1) is 12.0. The zero-order valence-corrected chi connectivity index (χ0v) is 9.05. The van der Waals surface area contributed by atoms with E-state index in [9.17, 15) is 4.79 Å². The Balaban J connectivity index is 2.34. The van der Waals surface area contributed by atoms with Gasteiger partial charge in [0.1, 0.15) is 5.71 Å². The number of hydrazone groups is 1. The lowest BCUT2D eigenvalue weighted by Gasteiger charge is -1.96. The van der Waals surface area contributed by atoms with Gasteiger partial charge >= 0.3 is 5.97 Å². The van der Waals surface area contributed by atoms with E-state index in [0.29, 0.717) is 6.54 Å². The highest BCUT2D eigenvalue weighted by molar-refractivity contribution is 6.34. The van der Waals surface area contributed by atoms with Crippen LogP contribution in [0, 0.1) is 0 Å². The van der Waals surface area contributed by atoms with Crippen LogP contribution in [0.2, 0.25) is 0 Å². The molecule has 0 fully saturated rings. The normalized spacial score (nSPS) is 11.7. The van der Waals surface area contributed by atoms with Crippen LogP contribution in [0.25, 0.3) is 6.08 Å². The van der Waals surface area contributed by atoms with Crippen LogP contribution in [0.5, 0.6) is 0 Å². The van der Waals surface area contributed by atoms with Gasteiger partial charge in [-0.05, 0) is 12.5 Å². The van der Waals surface area contributed by atoms with Crippen molar-refractivity contribution >= 4 is 17.8 Å². The first-order chi connectivity index (χ1) is 7.70. The topological polar surface area (TPSA) is 61.7 Å². The summed E-state index contributed by atoms with van der Waals surface area (Å²) in [5.74, 6) is -1.01. The largest absolute Gasteiger partial charge is 0.477 e. The summed E-state index contributed by atoms with van der Waals surface area (Å²) in [5.41, 5.74) is 3.81. The third kappa shape index (κ3) is 4.41. The van der Waals surface area contributed by atoms with Gasteiger partial charge in [0.25, 0.3) is 0 Å². The fourth-order valence-electron chi connectivity index (χ4n) is 1.02. The van der Waals surface area contributed by atoms with E-state index in [1.165, 1.54) is 6.92 Å². The minimum Gasteiger partial charge on any atom is -0.477 e. The lowest BCUT2D eigenvalue weighted by molar-refractivity contribution is -0.129. The zero-order valence-electron chi connectivity index (χ0n) is 9.05. The molecule has 84 valence electrons. The minimum absolute atomic E-state index is 0.0492. The molecule has 0 amide bonds. The first-order valence-corrected chi connectivity index (χ1v) is 4.92. The molecule has 4 heteroatoms. The third-order valence-electron chi connectivity index (χ3n) is 1.88. The Morgan fingerprint density at radius 2 is 2.12 bits per heavy atom. The van der Waals surface area contributed by atoms with Crippen LogP contribution in [-0.2, 0) is 4.79 Å². The van der Waals surface area contributed by atoms with Crippen LogP contribution >= 0.6 is 0 Å². The smallest absolute Gasteiger partial charge is 0.351 e. The number of hydrogen-bond acceptors (Lipinski definition) is 3. The van der Waals surface area contributed by atoms with Gasteiger partial charge in [0.05, 0.1) is 6.54 Å². The quantitative estimate of drug-likeness (QED) is 0.449. The third-order valence-corrected chi connectivity index (χ3v) is 1.88. The van der Waals surface area contributed by atoms with Gasteiger partial charge in [0.15, 0.2) is 0 Å². The second kappa shape index (κ2) is 6.40. The van der Waals surface area contributed by atoms with Crippen LogP contribution in [0.1, 0.15) is 12.5 Å². The molecule has 0 atom stereocenters. The molecule has 1 aromatic carbocycles. The lowest BCUT2D eigenvalue weighted by Crippen LogP contribution is -2.15. The predicted octanol–water partition coefficient (Wildman–Crippen LogP) is 1.75. The molecule has 1 rings (SSSR count). The lowest BCUT2D eigenvalue weighted by atomic mass is 10.2. The Labute approximate surface area is 94.3 Å². The maximum absolute atomic E-state index is 10.4. The summed E-state index contributed by atoms with van der Waals surface area (Å²) in [6, 6.07) is 9.85. The van der Waals surface area contributed by atoms with E-state index in [0.717, 1.165) is 5.56 Å². The first-order valence-electron chi connectivity index (χ1n) is 4.92. The Morgan fingerprint density at radius 1 is 1.44 bits per heavy atom. The van der Waals surface area contributed by atoms with Crippen molar-refractivity contribution in [3.05, 3.63) is 42.0 Å². The van der Waals surface area contributed by atoms with E-state index in [-0.39, 0.29) is 5.71 Å². The van der Waals surface area contributed by atoms with Crippen molar-refractivity contribution < 1.29 is 9.90 Å². The fraction of sp³-hybridized carbons (Fsp3) is 0.167. The van der Waals surface area contributed by atoms with Gasteiger partial charge in [0.2, 0.25) is 0 Å². The summed E-state index contributed by atoms with van der Waals surface area (Å²) < 4.78 is 0. The molecule has 0 aliphatic carbocycles. The summed E-state index contributed by atoms with van der Waals surface area (Å²) >= 11 is 0. The SMILES string of the molecule is CC(=NNC/C=C/c1ccccc1)C(=O)O. The molecule has 16 heavy (non-hydrogen) atoms. The van der Waals surface area contributed by atoms with Gasteiger partial charge in [-0.2, -0.15) is 5.10 Å². The maximum atomic E-state index is 10.4. The number of hydrogen-bond donors (Lipinski definition) is 2. The second-order valence-corrected chi connectivity index (χ2v) is 3.18. The zero-order chi connectivity index (χ0) is 11.8. The number of nitrogens with zero attached hydrogens (tertiary/aromatic N) is 1. The highest BCUT2D eigenvalue weighted by Crippen LogP contribution is 1.99. The van der Waals surface area contributed by atoms with Gasteiger partial charge in [0, 0.05) is 0 Å². The number of carboxylic acids is 1. The van der Waals surface area contributed by atoms with E-state index < -0.39 is 5.97 Å². The highest BCUT2D eigenvalue weighted by atomic mass is 16.4. The summed E-state index contributed by atoms with van der Waals surface area (Å²) in [6.07, 6.45) is 3.83. The molecular formula is C12H14N2O2. The minimum atomic E-state index is -1.01. The average Bonchev–Trinajstić information content (AvgIpc) is 2.29. The van der Waals surface area contributed by atoms with Gasteiger partial charge < -0.3 is 10.5 Å². The monoisotopic (exact) mass is 218 g/mol. The average molecular weight is 218 g/mol. The van der Waals surface area contributed by atoms with Crippen molar-refractivity contribution in [1.82, 2.24) is 5.43 Å². The van der Waals surface area contributed by atoms with Crippen molar-refractivity contribution in [3.63, 3.8) is 0 Å². The maximum Gasteiger partial charge on any atom is 0.351 e. The molecule has 2 N–H and O–H groups in total.